The van der Waals surface area contributed by atoms with Crippen molar-refractivity contribution in [1.82, 2.24) is 0 Å². The molecule has 0 nitrogen and oxygen atoms in total. The summed E-state index contributed by atoms with van der Waals surface area (Å²) in [6.45, 7) is 14.7. The van der Waals surface area contributed by atoms with E-state index in [1.54, 1.807) is 0 Å². The first-order valence-electron chi connectivity index (χ1n) is 6.21. The molecule has 1 aromatic carbocycles. The summed E-state index contributed by atoms with van der Waals surface area (Å²) in [6.07, 6.45) is 2.39. The van der Waals surface area contributed by atoms with Gasteiger partial charge in [0.15, 0.2) is 0 Å². The molecule has 0 aliphatic carbocycles. The van der Waals surface area contributed by atoms with Crippen molar-refractivity contribution in [2.45, 2.75) is 61.3 Å². The molecular formula is C15H28. The average Bonchev–Trinajstić information content (AvgIpc) is 2.20. The molecule has 0 radical (unpaired) electrons. The van der Waals surface area contributed by atoms with Crippen molar-refractivity contribution in [3.8, 4) is 0 Å². The first kappa shape index (κ1) is 16.6. The van der Waals surface area contributed by atoms with E-state index >= 15 is 0 Å². The van der Waals surface area contributed by atoms with Crippen molar-refractivity contribution in [2.75, 3.05) is 0 Å². The van der Waals surface area contributed by atoms with Gasteiger partial charge in [0.2, 0.25) is 0 Å². The highest BCUT2D eigenvalue weighted by molar-refractivity contribution is 5.28. The third kappa shape index (κ3) is 9.52. The molecule has 0 fully saturated rings. The van der Waals surface area contributed by atoms with E-state index in [4.69, 9.17) is 0 Å². The van der Waals surface area contributed by atoms with E-state index in [0.717, 1.165) is 6.42 Å². The van der Waals surface area contributed by atoms with Crippen molar-refractivity contribution >= 4 is 0 Å². The van der Waals surface area contributed by atoms with E-state index < -0.39 is 0 Å². The van der Waals surface area contributed by atoms with Gasteiger partial charge in [0.05, 0.1) is 0 Å². The molecule has 88 valence electrons. The highest BCUT2D eigenvalue weighted by Gasteiger charge is 1.91. The summed E-state index contributed by atoms with van der Waals surface area (Å²) < 4.78 is 0. The monoisotopic (exact) mass is 208 g/mol. The van der Waals surface area contributed by atoms with Crippen LogP contribution in [0.4, 0.5) is 0 Å². The molecule has 0 spiro atoms. The van der Waals surface area contributed by atoms with Crippen molar-refractivity contribution in [2.24, 2.45) is 0 Å². The maximum absolute atomic E-state index is 2.24. The van der Waals surface area contributed by atoms with Gasteiger partial charge in [-0.25, -0.2) is 0 Å². The van der Waals surface area contributed by atoms with Crippen LogP contribution in [-0.4, -0.2) is 0 Å². The molecule has 0 unspecified atom stereocenters. The molecule has 1 aromatic rings. The molecule has 0 N–H and O–H groups in total. The predicted octanol–water partition coefficient (Wildman–Crippen LogP) is 5.31. The Balaban J connectivity index is 0. The number of benzene rings is 1. The molecule has 0 aliphatic rings. The molecule has 0 heteroatoms. The van der Waals surface area contributed by atoms with Gasteiger partial charge in [-0.2, -0.15) is 0 Å². The molecule has 0 aliphatic heterocycles. The summed E-state index contributed by atoms with van der Waals surface area (Å²) in [6, 6.07) is 6.69. The van der Waals surface area contributed by atoms with E-state index in [0.29, 0.717) is 0 Å². The van der Waals surface area contributed by atoms with Gasteiger partial charge in [-0.05, 0) is 25.8 Å². The number of hydrogen-bond donors (Lipinski definition) is 0. The Morgan fingerprint density at radius 2 is 1.13 bits per heavy atom. The van der Waals surface area contributed by atoms with Crippen LogP contribution in [0.2, 0.25) is 0 Å². The zero-order chi connectivity index (χ0) is 12.3. The van der Waals surface area contributed by atoms with Crippen molar-refractivity contribution in [3.63, 3.8) is 0 Å². The first-order chi connectivity index (χ1) is 7.13. The molecule has 0 aromatic heterocycles. The van der Waals surface area contributed by atoms with Crippen LogP contribution in [-0.2, 0) is 6.42 Å². The second kappa shape index (κ2) is 11.3. The normalized spacial score (nSPS) is 8.20. The first-order valence-corrected chi connectivity index (χ1v) is 6.21. The Morgan fingerprint density at radius 1 is 0.800 bits per heavy atom. The topological polar surface area (TPSA) is 0 Å². The van der Waals surface area contributed by atoms with Crippen LogP contribution < -0.4 is 0 Å². The molecule has 0 saturated heterocycles. The predicted molar refractivity (Wildman–Crippen MR) is 72.6 cm³/mol. The Morgan fingerprint density at radius 3 is 1.40 bits per heavy atom. The summed E-state index contributed by atoms with van der Waals surface area (Å²) in [5.74, 6) is 0. The third-order valence-electron chi connectivity index (χ3n) is 1.69. The molecule has 0 heterocycles. The highest BCUT2D eigenvalue weighted by atomic mass is 14.0. The van der Waals surface area contributed by atoms with Gasteiger partial charge in [0.1, 0.15) is 0 Å². The quantitative estimate of drug-likeness (QED) is 0.587. The van der Waals surface area contributed by atoms with Crippen LogP contribution >= 0.6 is 0 Å². The van der Waals surface area contributed by atoms with Crippen LogP contribution in [0.1, 0.15) is 57.7 Å². The van der Waals surface area contributed by atoms with Crippen molar-refractivity contribution in [3.05, 3.63) is 34.9 Å². The van der Waals surface area contributed by atoms with E-state index in [1.807, 2.05) is 13.8 Å². The lowest BCUT2D eigenvalue weighted by atomic mass is 10.1. The fraction of sp³-hybridized carbons (Fsp3) is 0.600. The molecule has 0 saturated carbocycles. The average molecular weight is 208 g/mol. The van der Waals surface area contributed by atoms with Crippen molar-refractivity contribution < 1.29 is 0 Å². The van der Waals surface area contributed by atoms with E-state index in [-0.39, 0.29) is 0 Å². The third-order valence-corrected chi connectivity index (χ3v) is 1.69. The summed E-state index contributed by atoms with van der Waals surface area (Å²) in [5, 5.41) is 0. The minimum absolute atomic E-state index is 1.14. The van der Waals surface area contributed by atoms with Gasteiger partial charge >= 0.3 is 0 Å². The second-order valence-corrected chi connectivity index (χ2v) is 3.56. The van der Waals surface area contributed by atoms with Crippen LogP contribution in [0, 0.1) is 13.8 Å². The van der Waals surface area contributed by atoms with E-state index in [9.17, 15) is 0 Å². The van der Waals surface area contributed by atoms with E-state index in [1.165, 1.54) is 23.1 Å². The number of aryl methyl sites for hydroxylation is 3. The Labute approximate surface area is 96.7 Å². The summed E-state index contributed by atoms with van der Waals surface area (Å²) >= 11 is 0. The van der Waals surface area contributed by atoms with Crippen LogP contribution in [0.3, 0.4) is 0 Å². The van der Waals surface area contributed by atoms with Gasteiger partial charge in [0.25, 0.3) is 0 Å². The van der Waals surface area contributed by atoms with Crippen LogP contribution in [0.15, 0.2) is 18.2 Å². The summed E-state index contributed by atoms with van der Waals surface area (Å²) in [5.41, 5.74) is 4.19. The van der Waals surface area contributed by atoms with Crippen LogP contribution in [0.25, 0.3) is 0 Å². The number of hydrogen-bond acceptors (Lipinski definition) is 0. The fourth-order valence-electron chi connectivity index (χ4n) is 1.27. The lowest BCUT2D eigenvalue weighted by Gasteiger charge is -2.00. The largest absolute Gasteiger partial charge is 0.0683 e. The minimum atomic E-state index is 1.14. The van der Waals surface area contributed by atoms with Gasteiger partial charge in [-0.1, -0.05) is 70.4 Å². The molecule has 15 heavy (non-hydrogen) atoms. The zero-order valence-corrected chi connectivity index (χ0v) is 11.6. The van der Waals surface area contributed by atoms with Gasteiger partial charge < -0.3 is 0 Å². The Hall–Kier alpha value is -0.780. The Bertz CT molecular complexity index is 216. The summed E-state index contributed by atoms with van der Waals surface area (Å²) in [4.78, 5) is 0. The number of rotatable bonds is 1. The lowest BCUT2D eigenvalue weighted by molar-refractivity contribution is 1.09. The van der Waals surface area contributed by atoms with Gasteiger partial charge in [0, 0.05) is 0 Å². The fourth-order valence-corrected chi connectivity index (χ4v) is 1.27. The second-order valence-electron chi connectivity index (χ2n) is 3.56. The minimum Gasteiger partial charge on any atom is -0.0683 e. The molecule has 0 amide bonds. The van der Waals surface area contributed by atoms with Crippen LogP contribution in [0.5, 0.6) is 0 Å². The summed E-state index contributed by atoms with van der Waals surface area (Å²) in [7, 11) is 0. The maximum atomic E-state index is 2.24. The standard InChI is InChI=1S/C10H14.C3H8.C2H6/c1-4-10-6-8(2)5-9(3)7-10;1-3-2;1-2/h5-7H,4H2,1-3H3;3H2,1-2H3;1-2H3. The van der Waals surface area contributed by atoms with Gasteiger partial charge in [-0.15, -0.1) is 0 Å². The smallest absolute Gasteiger partial charge is 0.0307 e. The highest BCUT2D eigenvalue weighted by Crippen LogP contribution is 2.08. The molecule has 0 atom stereocenters. The SMILES string of the molecule is CC.CCC.CCc1cc(C)cc(C)c1. The molecular weight excluding hydrogens is 180 g/mol. The molecule has 1 rings (SSSR count). The van der Waals surface area contributed by atoms with Crippen molar-refractivity contribution in [1.29, 1.82) is 0 Å². The zero-order valence-electron chi connectivity index (χ0n) is 11.6. The molecule has 0 bridgehead atoms. The lowest BCUT2D eigenvalue weighted by Crippen LogP contribution is -1.83. The maximum Gasteiger partial charge on any atom is -0.0307 e. The Kier molecular flexibility index (Phi) is 12.5. The van der Waals surface area contributed by atoms with E-state index in [2.05, 4.69) is 52.8 Å². The van der Waals surface area contributed by atoms with Gasteiger partial charge in [-0.3, -0.25) is 0 Å².